The summed E-state index contributed by atoms with van der Waals surface area (Å²) in [6, 6.07) is 8.29. The lowest BCUT2D eigenvalue weighted by Gasteiger charge is -2.19. The van der Waals surface area contributed by atoms with Crippen molar-refractivity contribution < 1.29 is 19.5 Å². The number of anilines is 1. The number of thiazole rings is 1. The third-order valence-electron chi connectivity index (χ3n) is 3.96. The summed E-state index contributed by atoms with van der Waals surface area (Å²) in [4.78, 5) is 39.6. The summed E-state index contributed by atoms with van der Waals surface area (Å²) < 4.78 is 0. The Morgan fingerprint density at radius 1 is 1.23 bits per heavy atom. The molecule has 7 nitrogen and oxygen atoms in total. The minimum Gasteiger partial charge on any atom is -0.480 e. The average Bonchev–Trinajstić information content (AvgIpc) is 3.07. The minimum atomic E-state index is -1.08. The Bertz CT molecular complexity index is 776. The predicted octanol–water partition coefficient (Wildman–Crippen LogP) is 2.55. The molecule has 0 aliphatic rings. The normalized spacial score (nSPS) is 12.8. The van der Waals surface area contributed by atoms with Gasteiger partial charge in [0.2, 0.25) is 5.91 Å². The second-order valence-electron chi connectivity index (χ2n) is 5.92. The van der Waals surface area contributed by atoms with Crippen molar-refractivity contribution in [3.8, 4) is 0 Å². The van der Waals surface area contributed by atoms with Gasteiger partial charge in [-0.25, -0.2) is 9.78 Å². The van der Waals surface area contributed by atoms with Crippen molar-refractivity contribution in [2.75, 3.05) is 5.32 Å². The number of aliphatic carboxylic acids is 1. The van der Waals surface area contributed by atoms with Gasteiger partial charge in [-0.1, -0.05) is 50.6 Å². The lowest BCUT2D eigenvalue weighted by Crippen LogP contribution is -2.45. The first-order valence-electron chi connectivity index (χ1n) is 8.23. The van der Waals surface area contributed by atoms with Crippen molar-refractivity contribution in [2.45, 2.75) is 32.7 Å². The fourth-order valence-corrected chi connectivity index (χ4v) is 2.99. The standard InChI is InChI=1S/C18H21N3O4S/c1-3-11(2)15(17(24)25)21-16(23)13-10-26-18(19-13)20-14(22)9-12-7-5-4-6-8-12/h4-8,10-11,15H,3,9H2,1-2H3,(H,21,23)(H,24,25)(H,19,20,22). The topological polar surface area (TPSA) is 108 Å². The van der Waals surface area contributed by atoms with Crippen LogP contribution in [-0.4, -0.2) is 33.9 Å². The van der Waals surface area contributed by atoms with E-state index in [4.69, 9.17) is 0 Å². The fourth-order valence-electron chi connectivity index (χ4n) is 2.28. The van der Waals surface area contributed by atoms with E-state index in [1.165, 1.54) is 5.38 Å². The maximum absolute atomic E-state index is 12.2. The van der Waals surface area contributed by atoms with Crippen LogP contribution in [0.15, 0.2) is 35.7 Å². The molecule has 1 aromatic heterocycles. The minimum absolute atomic E-state index is 0.0829. The number of carboxylic acid groups (broad SMARTS) is 1. The second kappa shape index (κ2) is 9.10. The molecule has 0 saturated heterocycles. The summed E-state index contributed by atoms with van der Waals surface area (Å²) >= 11 is 1.12. The Morgan fingerprint density at radius 3 is 2.54 bits per heavy atom. The van der Waals surface area contributed by atoms with E-state index < -0.39 is 17.9 Å². The number of hydrogen-bond acceptors (Lipinski definition) is 5. The van der Waals surface area contributed by atoms with E-state index in [-0.39, 0.29) is 23.9 Å². The van der Waals surface area contributed by atoms with Crippen LogP contribution in [0, 0.1) is 5.92 Å². The monoisotopic (exact) mass is 375 g/mol. The Balaban J connectivity index is 1.96. The number of carbonyl (C=O) groups excluding carboxylic acids is 2. The first kappa shape index (κ1) is 19.6. The highest BCUT2D eigenvalue weighted by molar-refractivity contribution is 7.14. The van der Waals surface area contributed by atoms with Gasteiger partial charge in [-0.15, -0.1) is 11.3 Å². The lowest BCUT2D eigenvalue weighted by molar-refractivity contribution is -0.140. The van der Waals surface area contributed by atoms with E-state index >= 15 is 0 Å². The molecule has 0 spiro atoms. The van der Waals surface area contributed by atoms with Crippen LogP contribution in [0.4, 0.5) is 5.13 Å². The van der Waals surface area contributed by atoms with Crippen molar-refractivity contribution >= 4 is 34.3 Å². The molecule has 0 saturated carbocycles. The molecule has 1 heterocycles. The second-order valence-corrected chi connectivity index (χ2v) is 6.78. The quantitative estimate of drug-likeness (QED) is 0.657. The number of carboxylic acids is 1. The third-order valence-corrected chi connectivity index (χ3v) is 4.71. The number of rotatable bonds is 8. The molecule has 2 atom stereocenters. The molecule has 2 amide bonds. The molecule has 3 N–H and O–H groups in total. The van der Waals surface area contributed by atoms with E-state index in [9.17, 15) is 19.5 Å². The summed E-state index contributed by atoms with van der Waals surface area (Å²) in [5.74, 6) is -2.10. The molecule has 0 aliphatic heterocycles. The first-order chi connectivity index (χ1) is 12.4. The van der Waals surface area contributed by atoms with Crippen LogP contribution in [-0.2, 0) is 16.0 Å². The van der Waals surface area contributed by atoms with Crippen LogP contribution in [0.25, 0.3) is 0 Å². The van der Waals surface area contributed by atoms with Crippen molar-refractivity contribution in [1.82, 2.24) is 10.3 Å². The first-order valence-corrected chi connectivity index (χ1v) is 9.11. The van der Waals surface area contributed by atoms with Crippen molar-refractivity contribution in [3.63, 3.8) is 0 Å². The van der Waals surface area contributed by atoms with Gasteiger partial charge in [0, 0.05) is 5.38 Å². The molecule has 26 heavy (non-hydrogen) atoms. The highest BCUT2D eigenvalue weighted by Gasteiger charge is 2.26. The number of nitrogens with one attached hydrogen (secondary N) is 2. The third kappa shape index (κ3) is 5.38. The zero-order chi connectivity index (χ0) is 19.1. The maximum atomic E-state index is 12.2. The molecule has 0 bridgehead atoms. The zero-order valence-electron chi connectivity index (χ0n) is 14.6. The van der Waals surface area contributed by atoms with E-state index in [1.807, 2.05) is 37.3 Å². The van der Waals surface area contributed by atoms with E-state index in [0.29, 0.717) is 11.6 Å². The van der Waals surface area contributed by atoms with Crippen LogP contribution in [0.2, 0.25) is 0 Å². The molecule has 2 aromatic rings. The van der Waals surface area contributed by atoms with Crippen molar-refractivity contribution in [1.29, 1.82) is 0 Å². The van der Waals surface area contributed by atoms with Crippen LogP contribution < -0.4 is 10.6 Å². The van der Waals surface area contributed by atoms with Gasteiger partial charge in [-0.05, 0) is 11.5 Å². The summed E-state index contributed by atoms with van der Waals surface area (Å²) in [5, 5.41) is 16.2. The molecule has 8 heteroatoms. The predicted molar refractivity (Wildman–Crippen MR) is 99.2 cm³/mol. The molecule has 138 valence electrons. The van der Waals surface area contributed by atoms with E-state index in [2.05, 4.69) is 15.6 Å². The van der Waals surface area contributed by atoms with Crippen LogP contribution >= 0.6 is 11.3 Å². The zero-order valence-corrected chi connectivity index (χ0v) is 15.4. The van der Waals surface area contributed by atoms with Gasteiger partial charge in [0.15, 0.2) is 5.13 Å². The molecule has 0 radical (unpaired) electrons. The van der Waals surface area contributed by atoms with E-state index in [1.54, 1.807) is 6.92 Å². The smallest absolute Gasteiger partial charge is 0.326 e. The molecular formula is C18H21N3O4S. The fraction of sp³-hybridized carbons (Fsp3) is 0.333. The Hall–Kier alpha value is -2.74. The molecule has 1 aromatic carbocycles. The van der Waals surface area contributed by atoms with Crippen LogP contribution in [0.5, 0.6) is 0 Å². The summed E-state index contributed by atoms with van der Waals surface area (Å²) in [6.07, 6.45) is 0.826. The lowest BCUT2D eigenvalue weighted by atomic mass is 9.99. The van der Waals surface area contributed by atoms with Crippen molar-refractivity contribution in [2.24, 2.45) is 5.92 Å². The Morgan fingerprint density at radius 2 is 1.92 bits per heavy atom. The molecule has 0 fully saturated rings. The number of nitrogens with zero attached hydrogens (tertiary/aromatic N) is 1. The van der Waals surface area contributed by atoms with Gasteiger partial charge in [-0.3, -0.25) is 9.59 Å². The summed E-state index contributed by atoms with van der Waals surface area (Å²) in [7, 11) is 0. The van der Waals surface area contributed by atoms with Gasteiger partial charge in [0.05, 0.1) is 6.42 Å². The number of amides is 2. The number of carbonyl (C=O) groups is 3. The van der Waals surface area contributed by atoms with Crippen molar-refractivity contribution in [3.05, 3.63) is 47.0 Å². The van der Waals surface area contributed by atoms with Gasteiger partial charge in [0.25, 0.3) is 5.91 Å². The maximum Gasteiger partial charge on any atom is 0.326 e. The highest BCUT2D eigenvalue weighted by atomic mass is 32.1. The summed E-state index contributed by atoms with van der Waals surface area (Å²) in [5.41, 5.74) is 0.956. The molecule has 2 rings (SSSR count). The molecular weight excluding hydrogens is 354 g/mol. The largest absolute Gasteiger partial charge is 0.480 e. The average molecular weight is 375 g/mol. The van der Waals surface area contributed by atoms with Gasteiger partial charge < -0.3 is 15.7 Å². The Labute approximate surface area is 155 Å². The van der Waals surface area contributed by atoms with Crippen LogP contribution in [0.3, 0.4) is 0 Å². The van der Waals surface area contributed by atoms with Gasteiger partial charge >= 0.3 is 5.97 Å². The number of hydrogen-bond donors (Lipinski definition) is 3. The molecule has 0 aliphatic carbocycles. The number of aromatic nitrogens is 1. The van der Waals surface area contributed by atoms with E-state index in [0.717, 1.165) is 16.9 Å². The van der Waals surface area contributed by atoms with Crippen LogP contribution in [0.1, 0.15) is 36.3 Å². The van der Waals surface area contributed by atoms with Gasteiger partial charge in [0.1, 0.15) is 11.7 Å². The molecule has 2 unspecified atom stereocenters. The SMILES string of the molecule is CCC(C)C(NC(=O)c1csc(NC(=O)Cc2ccccc2)n1)C(=O)O. The highest BCUT2D eigenvalue weighted by Crippen LogP contribution is 2.17. The Kier molecular flexibility index (Phi) is 6.85. The van der Waals surface area contributed by atoms with Gasteiger partial charge in [-0.2, -0.15) is 0 Å². The number of benzene rings is 1. The summed E-state index contributed by atoms with van der Waals surface area (Å²) in [6.45, 7) is 3.62.